The molecule has 0 saturated heterocycles. The van der Waals surface area contributed by atoms with Gasteiger partial charge in [0.1, 0.15) is 6.04 Å². The second kappa shape index (κ2) is 7.00. The summed E-state index contributed by atoms with van der Waals surface area (Å²) in [6.45, 7) is 3.37. The van der Waals surface area contributed by atoms with Crippen LogP contribution in [0.25, 0.3) is 0 Å². The minimum absolute atomic E-state index is 0.0882. The van der Waals surface area contributed by atoms with Crippen molar-refractivity contribution in [2.45, 2.75) is 29.5 Å². The van der Waals surface area contributed by atoms with E-state index in [1.807, 2.05) is 0 Å². The molecule has 1 aromatic carbocycles. The molecule has 8 heteroatoms. The Bertz CT molecular complexity index is 599. The van der Waals surface area contributed by atoms with Crippen molar-refractivity contribution in [3.05, 3.63) is 29.3 Å². The van der Waals surface area contributed by atoms with Gasteiger partial charge in [0, 0.05) is 15.5 Å². The number of halogens is 1. The highest BCUT2D eigenvalue weighted by molar-refractivity contribution is 8.01. The summed E-state index contributed by atoms with van der Waals surface area (Å²) in [4.78, 5) is 11.1. The molecular formula is C13H18ClNO4S2. The average molecular weight is 352 g/mol. The van der Waals surface area contributed by atoms with Gasteiger partial charge >= 0.3 is 5.97 Å². The van der Waals surface area contributed by atoms with E-state index < -0.39 is 26.6 Å². The highest BCUT2D eigenvalue weighted by Gasteiger charge is 2.32. The van der Waals surface area contributed by atoms with Crippen molar-refractivity contribution in [1.82, 2.24) is 0 Å². The Labute approximate surface area is 133 Å². The number of nitrogens with two attached hydrogens (primary N) is 1. The molecular weight excluding hydrogens is 334 g/mol. The van der Waals surface area contributed by atoms with Crippen molar-refractivity contribution in [3.63, 3.8) is 0 Å². The fourth-order valence-electron chi connectivity index (χ4n) is 1.56. The minimum Gasteiger partial charge on any atom is -0.480 e. The maximum Gasteiger partial charge on any atom is 0.321 e. The van der Waals surface area contributed by atoms with Gasteiger partial charge in [-0.15, -0.1) is 0 Å². The monoisotopic (exact) mass is 351 g/mol. The molecule has 3 N–H and O–H groups in total. The second-order valence-electron chi connectivity index (χ2n) is 5.04. The normalized spacial score (nSPS) is 13.9. The first-order valence-electron chi connectivity index (χ1n) is 6.17. The molecule has 0 aromatic heterocycles. The van der Waals surface area contributed by atoms with Crippen LogP contribution < -0.4 is 5.73 Å². The molecule has 0 spiro atoms. The third kappa shape index (κ3) is 5.18. The summed E-state index contributed by atoms with van der Waals surface area (Å²) in [5, 5.41) is 9.38. The Morgan fingerprint density at radius 1 is 1.38 bits per heavy atom. The van der Waals surface area contributed by atoms with Crippen molar-refractivity contribution in [2.75, 3.05) is 11.5 Å². The molecule has 0 aliphatic heterocycles. The lowest BCUT2D eigenvalue weighted by atomic mass is 10.1. The molecule has 1 rings (SSSR count). The first kappa shape index (κ1) is 18.3. The maximum atomic E-state index is 12.1. The fourth-order valence-corrected chi connectivity index (χ4v) is 4.49. The number of thioether (sulfide) groups is 1. The Morgan fingerprint density at radius 3 is 2.38 bits per heavy atom. The lowest BCUT2D eigenvalue weighted by Gasteiger charge is -2.27. The number of carbonyl (C=O) groups is 1. The molecule has 0 fully saturated rings. The van der Waals surface area contributed by atoms with Crippen molar-refractivity contribution in [1.29, 1.82) is 0 Å². The Balaban J connectivity index is 2.66. The Kier molecular flexibility index (Phi) is 6.10. The van der Waals surface area contributed by atoms with Crippen LogP contribution >= 0.6 is 23.4 Å². The summed E-state index contributed by atoms with van der Waals surface area (Å²) in [6, 6.07) is 4.89. The second-order valence-corrected chi connectivity index (χ2v) is 9.34. The van der Waals surface area contributed by atoms with Crippen molar-refractivity contribution >= 4 is 39.2 Å². The van der Waals surface area contributed by atoms with Gasteiger partial charge in [-0.2, -0.15) is 11.8 Å². The van der Waals surface area contributed by atoms with Crippen molar-refractivity contribution in [2.24, 2.45) is 5.73 Å². The molecule has 5 nitrogen and oxygen atoms in total. The number of carboxylic acid groups (broad SMARTS) is 1. The molecule has 0 bridgehead atoms. The molecule has 21 heavy (non-hydrogen) atoms. The van der Waals surface area contributed by atoms with E-state index >= 15 is 0 Å². The highest BCUT2D eigenvalue weighted by Crippen LogP contribution is 2.28. The van der Waals surface area contributed by atoms with Crippen LogP contribution in [0.4, 0.5) is 0 Å². The highest BCUT2D eigenvalue weighted by atomic mass is 35.5. The third-order valence-electron chi connectivity index (χ3n) is 3.01. The van der Waals surface area contributed by atoms with E-state index in [2.05, 4.69) is 0 Å². The van der Waals surface area contributed by atoms with Crippen LogP contribution in [0.5, 0.6) is 0 Å². The quantitative estimate of drug-likeness (QED) is 0.780. The molecule has 0 heterocycles. The molecule has 0 unspecified atom stereocenters. The number of hydrogen-bond acceptors (Lipinski definition) is 5. The molecule has 0 saturated carbocycles. The first-order valence-corrected chi connectivity index (χ1v) is 9.18. The fraction of sp³-hybridized carbons (Fsp3) is 0.462. The molecule has 1 atom stereocenters. The minimum atomic E-state index is -3.41. The summed E-state index contributed by atoms with van der Waals surface area (Å²) in [5.74, 6) is -0.929. The number of sulfone groups is 1. The van der Waals surface area contributed by atoms with Gasteiger partial charge in [-0.25, -0.2) is 8.42 Å². The van der Waals surface area contributed by atoms with Gasteiger partial charge in [-0.1, -0.05) is 11.6 Å². The zero-order valence-electron chi connectivity index (χ0n) is 11.7. The van der Waals surface area contributed by atoms with Crippen LogP contribution in [-0.2, 0) is 14.6 Å². The molecule has 118 valence electrons. The van der Waals surface area contributed by atoms with E-state index in [0.717, 1.165) is 0 Å². The SMILES string of the molecule is CC(C)(SCCS(=O)(=O)c1ccc(Cl)cc1)[C@H](N)C(=O)O. The van der Waals surface area contributed by atoms with Crippen LogP contribution in [0, 0.1) is 0 Å². The number of hydrogen-bond donors (Lipinski definition) is 2. The molecule has 1 aromatic rings. The number of rotatable bonds is 7. The first-order chi connectivity index (χ1) is 9.56. The average Bonchev–Trinajstić information content (AvgIpc) is 2.37. The number of aliphatic carboxylic acids is 1. The molecule has 0 amide bonds. The summed E-state index contributed by atoms with van der Waals surface area (Å²) in [7, 11) is -3.41. The van der Waals surface area contributed by atoms with E-state index in [4.69, 9.17) is 22.4 Å². The number of benzene rings is 1. The lowest BCUT2D eigenvalue weighted by molar-refractivity contribution is -0.139. The van der Waals surface area contributed by atoms with Gasteiger partial charge in [0.05, 0.1) is 10.6 Å². The molecule has 0 radical (unpaired) electrons. The standard InChI is InChI=1S/C13H18ClNO4S2/c1-13(2,11(15)12(16)17)20-7-8-21(18,19)10-5-3-9(14)4-6-10/h3-6,11H,7-8,15H2,1-2H3,(H,16,17)/t11-/m1/s1. The predicted octanol–water partition coefficient (Wildman–Crippen LogP) is 2.04. The summed E-state index contributed by atoms with van der Waals surface area (Å²) in [6.07, 6.45) is 0. The van der Waals surface area contributed by atoms with Crippen molar-refractivity contribution < 1.29 is 18.3 Å². The summed E-state index contributed by atoms with van der Waals surface area (Å²) in [5.41, 5.74) is 5.59. The predicted molar refractivity (Wildman–Crippen MR) is 85.7 cm³/mol. The Morgan fingerprint density at radius 2 is 1.90 bits per heavy atom. The van der Waals surface area contributed by atoms with E-state index in [1.165, 1.54) is 36.0 Å². The van der Waals surface area contributed by atoms with Crippen LogP contribution in [0.1, 0.15) is 13.8 Å². The zero-order chi connectivity index (χ0) is 16.3. The maximum absolute atomic E-state index is 12.1. The van der Waals surface area contributed by atoms with Gasteiger partial charge in [0.15, 0.2) is 9.84 Å². The van der Waals surface area contributed by atoms with E-state index in [0.29, 0.717) is 5.02 Å². The van der Waals surface area contributed by atoms with Gasteiger partial charge in [0.25, 0.3) is 0 Å². The van der Waals surface area contributed by atoms with Crippen LogP contribution in [0.3, 0.4) is 0 Å². The van der Waals surface area contributed by atoms with Gasteiger partial charge in [-0.05, 0) is 38.1 Å². The molecule has 0 aliphatic rings. The van der Waals surface area contributed by atoms with Gasteiger partial charge < -0.3 is 10.8 Å². The zero-order valence-corrected chi connectivity index (χ0v) is 14.1. The summed E-state index contributed by atoms with van der Waals surface area (Å²) < 4.78 is 23.5. The summed E-state index contributed by atoms with van der Waals surface area (Å²) >= 11 is 6.95. The van der Waals surface area contributed by atoms with Gasteiger partial charge in [0.2, 0.25) is 0 Å². The lowest BCUT2D eigenvalue weighted by Crippen LogP contribution is -2.47. The van der Waals surface area contributed by atoms with Crippen LogP contribution in [0.15, 0.2) is 29.2 Å². The van der Waals surface area contributed by atoms with E-state index in [1.54, 1.807) is 13.8 Å². The van der Waals surface area contributed by atoms with Crippen molar-refractivity contribution in [3.8, 4) is 0 Å². The Hall–Kier alpha value is -0.760. The van der Waals surface area contributed by atoms with E-state index in [9.17, 15) is 13.2 Å². The largest absolute Gasteiger partial charge is 0.480 e. The van der Waals surface area contributed by atoms with Crippen LogP contribution in [0.2, 0.25) is 5.02 Å². The van der Waals surface area contributed by atoms with Crippen LogP contribution in [-0.4, -0.2) is 41.8 Å². The smallest absolute Gasteiger partial charge is 0.321 e. The third-order valence-corrected chi connectivity index (χ3v) is 6.66. The molecule has 0 aliphatic carbocycles. The van der Waals surface area contributed by atoms with Gasteiger partial charge in [-0.3, -0.25) is 4.79 Å². The number of carboxylic acids is 1. The topological polar surface area (TPSA) is 97.5 Å². The van der Waals surface area contributed by atoms with E-state index in [-0.39, 0.29) is 16.4 Å².